The van der Waals surface area contributed by atoms with Gasteiger partial charge in [0.25, 0.3) is 0 Å². The highest BCUT2D eigenvalue weighted by atomic mass is 32.2. The third-order valence-electron chi connectivity index (χ3n) is 2.10. The summed E-state index contributed by atoms with van der Waals surface area (Å²) in [7, 11) is -8.17. The first-order chi connectivity index (χ1) is 10.6. The lowest BCUT2D eigenvalue weighted by Gasteiger charge is -2.16. The fourth-order valence-corrected chi connectivity index (χ4v) is 3.82. The average Bonchev–Trinajstić information content (AvgIpc) is 2.36. The normalized spacial score (nSPS) is 13.8. The monoisotopic (exact) mass is 396 g/mol. The van der Waals surface area contributed by atoms with Crippen LogP contribution in [0.15, 0.2) is 28.0 Å². The molecule has 0 aliphatic heterocycles. The van der Waals surface area contributed by atoms with Crippen molar-refractivity contribution >= 4 is 30.1 Å². The highest BCUT2D eigenvalue weighted by molar-refractivity contribution is 8.00. The summed E-state index contributed by atoms with van der Waals surface area (Å²) in [6.45, 7) is 0.549. The minimum atomic E-state index is -5.10. The Balaban J connectivity index is 3.25. The minimum absolute atomic E-state index is 0.0223. The number of halogens is 3. The quantitative estimate of drug-likeness (QED) is 0.310. The molecule has 1 rings (SSSR count). The van der Waals surface area contributed by atoms with Crippen molar-refractivity contribution in [2.24, 2.45) is 0 Å². The maximum Gasteiger partial charge on any atom is 0.573 e. The van der Waals surface area contributed by atoms with Gasteiger partial charge in [-0.1, -0.05) is 13.0 Å². The van der Waals surface area contributed by atoms with E-state index >= 15 is 0 Å². The van der Waals surface area contributed by atoms with Gasteiger partial charge in [0.1, 0.15) is 4.90 Å². The number of benzene rings is 1. The second-order valence-corrected chi connectivity index (χ2v) is 7.34. The zero-order chi connectivity index (χ0) is 17.7. The maximum absolute atomic E-state index is 12.4. The fourth-order valence-electron chi connectivity index (χ4n) is 1.41. The van der Waals surface area contributed by atoms with E-state index in [0.29, 0.717) is 5.75 Å². The Kier molecular flexibility index (Phi) is 7.36. The van der Waals surface area contributed by atoms with Gasteiger partial charge in [0.15, 0.2) is 12.5 Å². The van der Waals surface area contributed by atoms with E-state index in [2.05, 4.69) is 13.4 Å². The van der Waals surface area contributed by atoms with Crippen LogP contribution in [0.5, 0.6) is 5.75 Å². The van der Waals surface area contributed by atoms with Crippen LogP contribution in [0.3, 0.4) is 0 Å². The summed E-state index contributed by atoms with van der Waals surface area (Å²) >= 11 is 0.957. The number of ether oxygens (including phenoxy) is 1. The molecule has 132 valence electrons. The van der Waals surface area contributed by atoms with Crippen LogP contribution in [0.2, 0.25) is 0 Å². The van der Waals surface area contributed by atoms with Gasteiger partial charge in [0.05, 0.1) is 0 Å². The largest absolute Gasteiger partial charge is 0.573 e. The Morgan fingerprint density at radius 2 is 2.00 bits per heavy atom. The van der Waals surface area contributed by atoms with Crippen LogP contribution in [0.25, 0.3) is 0 Å². The Bertz CT molecular complexity index is 663. The molecule has 0 saturated heterocycles. The number of hydrogen-bond acceptors (Lipinski definition) is 7. The van der Waals surface area contributed by atoms with Crippen molar-refractivity contribution in [3.05, 3.63) is 18.2 Å². The van der Waals surface area contributed by atoms with Crippen molar-refractivity contribution in [1.29, 1.82) is 0 Å². The summed E-state index contributed by atoms with van der Waals surface area (Å²) in [6.07, 6.45) is -5.10. The Hall–Kier alpha value is -0.780. The van der Waals surface area contributed by atoms with Crippen LogP contribution >= 0.6 is 20.0 Å². The van der Waals surface area contributed by atoms with Crippen molar-refractivity contribution in [3.63, 3.8) is 0 Å². The summed E-state index contributed by atoms with van der Waals surface area (Å²) < 4.78 is 83.9. The minimum Gasteiger partial charge on any atom is -0.404 e. The third-order valence-corrected chi connectivity index (χ3v) is 4.87. The topological polar surface area (TPSA) is 99.1 Å². The molecule has 1 N–H and O–H groups in total. The lowest BCUT2D eigenvalue weighted by Crippen LogP contribution is -2.20. The predicted molar refractivity (Wildman–Crippen MR) is 75.0 cm³/mol. The van der Waals surface area contributed by atoms with Crippen molar-refractivity contribution < 1.29 is 44.5 Å². The van der Waals surface area contributed by atoms with Gasteiger partial charge in [-0.2, -0.15) is 8.42 Å². The highest BCUT2D eigenvalue weighted by Crippen LogP contribution is 2.37. The first-order valence-corrected chi connectivity index (χ1v) is 9.49. The van der Waals surface area contributed by atoms with Crippen LogP contribution in [0.4, 0.5) is 13.2 Å². The van der Waals surface area contributed by atoms with Gasteiger partial charge in [-0.05, 0) is 17.9 Å². The molecule has 1 unspecified atom stereocenters. The molecule has 0 fully saturated rings. The number of hydrogen-bond donors (Lipinski definition) is 1. The van der Waals surface area contributed by atoms with Gasteiger partial charge < -0.3 is 9.63 Å². The lowest BCUT2D eigenvalue weighted by atomic mass is 10.3. The zero-order valence-corrected chi connectivity index (χ0v) is 14.1. The van der Waals surface area contributed by atoms with E-state index < -0.39 is 42.2 Å². The zero-order valence-electron chi connectivity index (χ0n) is 11.5. The smallest absolute Gasteiger partial charge is 0.404 e. The summed E-state index contributed by atoms with van der Waals surface area (Å²) in [5, 5.41) is 0. The Labute approximate surface area is 134 Å². The number of thioether (sulfide) groups is 1. The molecule has 0 aromatic heterocycles. The average molecular weight is 396 g/mol. The summed E-state index contributed by atoms with van der Waals surface area (Å²) in [6, 6.07) is 3.30. The molecule has 23 heavy (non-hydrogen) atoms. The van der Waals surface area contributed by atoms with Crippen LogP contribution in [0, 0.1) is 0 Å². The standard InChI is InChI=1S/C10H12F3O7PS2/c1-2-22-8-5-3-4-7(20-10(11,12)13)9(8)23(16,17)19-6-18-21(14)15/h3-5,21H,2,6H2,1H3,(H,14,15). The van der Waals surface area contributed by atoms with E-state index in [9.17, 15) is 26.2 Å². The predicted octanol–water partition coefficient (Wildman–Crippen LogP) is 2.76. The molecule has 0 aliphatic carbocycles. The van der Waals surface area contributed by atoms with Gasteiger partial charge >= 0.3 is 24.7 Å². The van der Waals surface area contributed by atoms with Crippen molar-refractivity contribution in [2.45, 2.75) is 23.1 Å². The van der Waals surface area contributed by atoms with Crippen LogP contribution in [0.1, 0.15) is 6.92 Å². The van der Waals surface area contributed by atoms with Crippen LogP contribution in [-0.2, 0) is 23.4 Å². The van der Waals surface area contributed by atoms with Gasteiger partial charge in [0, 0.05) is 4.90 Å². The number of rotatable bonds is 8. The molecule has 0 spiro atoms. The molecule has 1 atom stereocenters. The summed E-state index contributed by atoms with van der Waals surface area (Å²) in [5.41, 5.74) is 0. The van der Waals surface area contributed by atoms with Crippen LogP contribution in [-0.4, -0.2) is 32.2 Å². The Morgan fingerprint density at radius 1 is 1.35 bits per heavy atom. The van der Waals surface area contributed by atoms with E-state index in [4.69, 9.17) is 4.89 Å². The van der Waals surface area contributed by atoms with Crippen molar-refractivity contribution in [1.82, 2.24) is 0 Å². The molecule has 13 heteroatoms. The molecule has 0 aliphatic rings. The first-order valence-electron chi connectivity index (χ1n) is 5.83. The maximum atomic E-state index is 12.4. The molecule has 0 saturated carbocycles. The van der Waals surface area contributed by atoms with E-state index in [0.717, 1.165) is 17.8 Å². The fraction of sp³-hybridized carbons (Fsp3) is 0.400. The molecule has 0 amide bonds. The van der Waals surface area contributed by atoms with Gasteiger partial charge in [-0.3, -0.25) is 9.09 Å². The molecule has 1 aromatic carbocycles. The van der Waals surface area contributed by atoms with Gasteiger partial charge in [-0.15, -0.1) is 24.9 Å². The van der Waals surface area contributed by atoms with Crippen LogP contribution < -0.4 is 4.74 Å². The molecule has 1 aromatic rings. The molecule has 0 heterocycles. The van der Waals surface area contributed by atoms with Gasteiger partial charge in [-0.25, -0.2) is 4.18 Å². The first kappa shape index (κ1) is 20.3. The van der Waals surface area contributed by atoms with E-state index in [1.54, 1.807) is 6.92 Å². The lowest BCUT2D eigenvalue weighted by molar-refractivity contribution is -0.275. The molecular formula is C10H12F3O7PS2. The molecular weight excluding hydrogens is 384 g/mol. The van der Waals surface area contributed by atoms with E-state index in [-0.39, 0.29) is 4.90 Å². The van der Waals surface area contributed by atoms with Gasteiger partial charge in [0.2, 0.25) is 0 Å². The van der Waals surface area contributed by atoms with Crippen molar-refractivity contribution in [2.75, 3.05) is 12.5 Å². The SMILES string of the molecule is CCSc1cccc(OC(F)(F)F)c1S(=O)(=O)OCO[PH](=O)O. The molecule has 0 bridgehead atoms. The molecule has 7 nitrogen and oxygen atoms in total. The van der Waals surface area contributed by atoms with E-state index in [1.807, 2.05) is 0 Å². The Morgan fingerprint density at radius 3 is 2.52 bits per heavy atom. The summed E-state index contributed by atoms with van der Waals surface area (Å²) in [5.74, 6) is -0.591. The highest BCUT2D eigenvalue weighted by Gasteiger charge is 2.35. The van der Waals surface area contributed by atoms with Crippen molar-refractivity contribution in [3.8, 4) is 5.75 Å². The second-order valence-electron chi connectivity index (χ2n) is 3.66. The second kappa shape index (κ2) is 8.36. The van der Waals surface area contributed by atoms with E-state index in [1.165, 1.54) is 12.1 Å². The number of alkyl halides is 3. The third kappa shape index (κ3) is 6.69. The summed E-state index contributed by atoms with van der Waals surface area (Å²) in [4.78, 5) is 7.59. The molecule has 0 radical (unpaired) electrons.